The van der Waals surface area contributed by atoms with Crippen LogP contribution in [-0.4, -0.2) is 52.2 Å². The number of rotatable bonds is 5. The summed E-state index contributed by atoms with van der Waals surface area (Å²) in [5, 5.41) is 27.2. The van der Waals surface area contributed by atoms with Crippen LogP contribution < -0.4 is 0 Å². The molecule has 0 aliphatic carbocycles. The summed E-state index contributed by atoms with van der Waals surface area (Å²) < 4.78 is 24.5. The minimum atomic E-state index is -2.74. The highest BCUT2D eigenvalue weighted by Crippen LogP contribution is 2.24. The Morgan fingerprint density at radius 2 is 2.00 bits per heavy atom. The van der Waals surface area contributed by atoms with E-state index in [0.29, 0.717) is 0 Å². The van der Waals surface area contributed by atoms with Gasteiger partial charge in [0.15, 0.2) is 0 Å². The molecule has 0 heterocycles. The molecule has 0 radical (unpaired) electrons. The van der Waals surface area contributed by atoms with Crippen molar-refractivity contribution in [1.82, 2.24) is 4.90 Å². The Kier molecular flexibility index (Phi) is 4.85. The molecule has 5 nitrogen and oxygen atoms in total. The van der Waals surface area contributed by atoms with E-state index >= 15 is 0 Å². The molecule has 0 saturated carbocycles. The minimum absolute atomic E-state index is 0.207. The summed E-state index contributed by atoms with van der Waals surface area (Å²) >= 11 is 0. The lowest BCUT2D eigenvalue weighted by atomic mass is 10.1. The van der Waals surface area contributed by atoms with Crippen molar-refractivity contribution in [2.75, 3.05) is 19.7 Å². The molecule has 0 unspecified atom stereocenters. The lowest BCUT2D eigenvalue weighted by Crippen LogP contribution is -2.37. The van der Waals surface area contributed by atoms with Gasteiger partial charge in [-0.05, 0) is 12.1 Å². The van der Waals surface area contributed by atoms with Crippen molar-refractivity contribution in [3.05, 3.63) is 23.8 Å². The number of aliphatic hydroxyl groups excluding tert-OH is 1. The van der Waals surface area contributed by atoms with E-state index in [-0.39, 0.29) is 17.9 Å². The molecule has 0 saturated heterocycles. The topological polar surface area (TPSA) is 81.0 Å². The average Bonchev–Trinajstić information content (AvgIpc) is 2.27. The quantitative estimate of drug-likeness (QED) is 0.732. The molecule has 3 N–H and O–H groups in total. The van der Waals surface area contributed by atoms with Crippen LogP contribution in [0.3, 0.4) is 0 Å². The Balaban J connectivity index is 2.94. The molecule has 0 spiro atoms. The molecule has 0 aliphatic rings. The number of hydrogen-bond acceptors (Lipinski definition) is 4. The Labute approximate surface area is 102 Å². The number of nitrogens with zero attached hydrogens (tertiary/aromatic N) is 1. The van der Waals surface area contributed by atoms with Gasteiger partial charge in [0.05, 0.1) is 18.7 Å². The van der Waals surface area contributed by atoms with Crippen LogP contribution in [0.25, 0.3) is 0 Å². The number of carbonyl (C=O) groups excluding carboxylic acids is 1. The van der Waals surface area contributed by atoms with Crippen molar-refractivity contribution in [2.24, 2.45) is 0 Å². The number of hydrogen-bond donors (Lipinski definition) is 3. The molecular weight excluding hydrogens is 248 g/mol. The van der Waals surface area contributed by atoms with E-state index in [9.17, 15) is 18.7 Å². The van der Waals surface area contributed by atoms with Crippen molar-refractivity contribution >= 4 is 5.91 Å². The summed E-state index contributed by atoms with van der Waals surface area (Å²) in [7, 11) is 0. The fourth-order valence-electron chi connectivity index (χ4n) is 1.43. The molecule has 1 rings (SSSR count). The molecule has 0 bridgehead atoms. The van der Waals surface area contributed by atoms with E-state index in [4.69, 9.17) is 10.2 Å². The predicted molar refractivity (Wildman–Crippen MR) is 58.8 cm³/mol. The van der Waals surface area contributed by atoms with Crippen LogP contribution in [0.15, 0.2) is 18.2 Å². The van der Waals surface area contributed by atoms with Gasteiger partial charge in [0.25, 0.3) is 12.3 Å². The molecule has 1 aromatic rings. The summed E-state index contributed by atoms with van der Waals surface area (Å²) in [6, 6.07) is 3.22. The molecule has 0 atom stereocenters. The molecule has 18 heavy (non-hydrogen) atoms. The normalized spacial score (nSPS) is 10.7. The maximum absolute atomic E-state index is 12.3. The molecule has 1 aromatic carbocycles. The number of aromatic hydroxyl groups is 2. The largest absolute Gasteiger partial charge is 0.508 e. The third kappa shape index (κ3) is 3.56. The molecule has 0 aromatic heterocycles. The zero-order valence-electron chi connectivity index (χ0n) is 9.38. The molecule has 0 fully saturated rings. The van der Waals surface area contributed by atoms with Gasteiger partial charge in [0.2, 0.25) is 0 Å². The number of halogens is 2. The standard InChI is InChI=1S/C11H13F2NO4/c12-10(13)6-14(3-4-15)11(18)8-2-1-7(16)5-9(8)17/h1-2,5,10,15-17H,3-4,6H2. The van der Waals surface area contributed by atoms with Gasteiger partial charge in [-0.3, -0.25) is 4.79 Å². The maximum Gasteiger partial charge on any atom is 0.257 e. The van der Waals surface area contributed by atoms with Crippen molar-refractivity contribution in [2.45, 2.75) is 6.43 Å². The second-order valence-corrected chi connectivity index (χ2v) is 3.57. The van der Waals surface area contributed by atoms with Crippen LogP contribution in [-0.2, 0) is 0 Å². The zero-order valence-corrected chi connectivity index (χ0v) is 9.38. The van der Waals surface area contributed by atoms with Gasteiger partial charge in [-0.15, -0.1) is 0 Å². The van der Waals surface area contributed by atoms with Crippen LogP contribution in [0.2, 0.25) is 0 Å². The maximum atomic E-state index is 12.3. The first-order valence-electron chi connectivity index (χ1n) is 5.16. The van der Waals surface area contributed by atoms with E-state index < -0.39 is 31.2 Å². The Morgan fingerprint density at radius 3 is 2.50 bits per heavy atom. The van der Waals surface area contributed by atoms with E-state index in [1.54, 1.807) is 0 Å². The van der Waals surface area contributed by atoms with Crippen LogP contribution >= 0.6 is 0 Å². The predicted octanol–water partition coefficient (Wildman–Crippen LogP) is 0.797. The summed E-state index contributed by atoms with van der Waals surface area (Å²) in [4.78, 5) is 12.6. The van der Waals surface area contributed by atoms with Crippen LogP contribution in [0.5, 0.6) is 11.5 Å². The molecule has 0 aliphatic heterocycles. The molecule has 1 amide bonds. The molecular formula is C11H13F2NO4. The van der Waals surface area contributed by atoms with E-state index in [2.05, 4.69) is 0 Å². The first kappa shape index (κ1) is 14.2. The van der Waals surface area contributed by atoms with Crippen LogP contribution in [0, 0.1) is 0 Å². The lowest BCUT2D eigenvalue weighted by Gasteiger charge is -2.21. The number of phenols is 2. The second kappa shape index (κ2) is 6.15. The van der Waals surface area contributed by atoms with Crippen LogP contribution in [0.1, 0.15) is 10.4 Å². The van der Waals surface area contributed by atoms with Gasteiger partial charge in [-0.2, -0.15) is 0 Å². The number of aliphatic hydroxyl groups is 1. The fraction of sp³-hybridized carbons (Fsp3) is 0.364. The Hall–Kier alpha value is -1.89. The van der Waals surface area contributed by atoms with Gasteiger partial charge in [0.1, 0.15) is 11.5 Å². The number of carbonyl (C=O) groups is 1. The highest BCUT2D eigenvalue weighted by Gasteiger charge is 2.21. The second-order valence-electron chi connectivity index (χ2n) is 3.57. The SMILES string of the molecule is O=C(c1ccc(O)cc1O)N(CCO)CC(F)F. The van der Waals surface area contributed by atoms with Crippen molar-refractivity contribution in [3.8, 4) is 11.5 Å². The van der Waals surface area contributed by atoms with Crippen molar-refractivity contribution in [3.63, 3.8) is 0 Å². The number of phenolic OH excluding ortho intramolecular Hbond substituents is 2. The average molecular weight is 261 g/mol. The first-order valence-corrected chi connectivity index (χ1v) is 5.16. The smallest absolute Gasteiger partial charge is 0.257 e. The van der Waals surface area contributed by atoms with Gasteiger partial charge in [-0.25, -0.2) is 8.78 Å². The molecule has 7 heteroatoms. The number of amides is 1. The van der Waals surface area contributed by atoms with Crippen LogP contribution in [0.4, 0.5) is 8.78 Å². The lowest BCUT2D eigenvalue weighted by molar-refractivity contribution is 0.0506. The van der Waals surface area contributed by atoms with Crippen molar-refractivity contribution in [1.29, 1.82) is 0 Å². The van der Waals surface area contributed by atoms with Gasteiger partial charge in [-0.1, -0.05) is 0 Å². The zero-order chi connectivity index (χ0) is 13.7. The fourth-order valence-corrected chi connectivity index (χ4v) is 1.43. The minimum Gasteiger partial charge on any atom is -0.508 e. The monoisotopic (exact) mass is 261 g/mol. The highest BCUT2D eigenvalue weighted by molar-refractivity contribution is 5.97. The van der Waals surface area contributed by atoms with Crippen molar-refractivity contribution < 1.29 is 28.9 Å². The number of benzene rings is 1. The summed E-state index contributed by atoms with van der Waals surface area (Å²) in [6.45, 7) is -1.56. The summed E-state index contributed by atoms with van der Waals surface area (Å²) in [5.41, 5.74) is -0.207. The van der Waals surface area contributed by atoms with E-state index in [1.807, 2.05) is 0 Å². The van der Waals surface area contributed by atoms with Gasteiger partial charge in [0, 0.05) is 12.6 Å². The third-order valence-electron chi connectivity index (χ3n) is 2.23. The van der Waals surface area contributed by atoms with Gasteiger partial charge >= 0.3 is 0 Å². The van der Waals surface area contributed by atoms with Gasteiger partial charge < -0.3 is 20.2 Å². The summed E-state index contributed by atoms with van der Waals surface area (Å²) in [5.74, 6) is -1.58. The van der Waals surface area contributed by atoms with E-state index in [0.717, 1.165) is 23.1 Å². The first-order chi connectivity index (χ1) is 8.45. The number of alkyl halides is 2. The summed E-state index contributed by atoms with van der Waals surface area (Å²) in [6.07, 6.45) is -2.74. The Morgan fingerprint density at radius 1 is 1.33 bits per heavy atom. The van der Waals surface area contributed by atoms with E-state index in [1.165, 1.54) is 0 Å². The highest BCUT2D eigenvalue weighted by atomic mass is 19.3. The Bertz CT molecular complexity index is 426. The molecule has 100 valence electrons. The third-order valence-corrected chi connectivity index (χ3v) is 2.23.